The maximum atomic E-state index is 12.9. The summed E-state index contributed by atoms with van der Waals surface area (Å²) in [5.74, 6) is -0.0295. The highest BCUT2D eigenvalue weighted by Crippen LogP contribution is 2.32. The summed E-state index contributed by atoms with van der Waals surface area (Å²) in [5, 5.41) is 5.95. The van der Waals surface area contributed by atoms with E-state index in [1.54, 1.807) is 23.6 Å². The summed E-state index contributed by atoms with van der Waals surface area (Å²) in [7, 11) is -3.56. The van der Waals surface area contributed by atoms with Gasteiger partial charge in [-0.15, -0.1) is 11.3 Å². The summed E-state index contributed by atoms with van der Waals surface area (Å²) >= 11 is 13.4. The lowest BCUT2D eigenvalue weighted by Crippen LogP contribution is -2.39. The number of thiazole rings is 1. The van der Waals surface area contributed by atoms with Crippen molar-refractivity contribution in [2.75, 3.05) is 18.4 Å². The third-order valence-corrected chi connectivity index (χ3v) is 8.49. The molecule has 1 fully saturated rings. The van der Waals surface area contributed by atoms with Crippen LogP contribution in [0, 0.1) is 5.92 Å². The third-order valence-electron chi connectivity index (χ3n) is 5.31. The minimum absolute atomic E-state index is 0.192. The Morgan fingerprint density at radius 3 is 2.62 bits per heavy atom. The number of sulfonamides is 1. The van der Waals surface area contributed by atoms with Crippen molar-refractivity contribution >= 4 is 55.6 Å². The Morgan fingerprint density at radius 2 is 1.94 bits per heavy atom. The first kappa shape index (κ1) is 23.2. The third kappa shape index (κ3) is 5.00. The Hall–Kier alpha value is -1.97. The first-order valence-electron chi connectivity index (χ1n) is 10.1. The molecule has 1 amide bonds. The molecule has 1 N–H and O–H groups in total. The molecule has 1 aromatic heterocycles. The molecule has 0 saturated carbocycles. The molecule has 1 aliphatic heterocycles. The molecule has 4 rings (SSSR count). The van der Waals surface area contributed by atoms with Crippen LogP contribution in [0.25, 0.3) is 11.3 Å². The highest BCUT2D eigenvalue weighted by Gasteiger charge is 2.28. The Labute approximate surface area is 201 Å². The van der Waals surface area contributed by atoms with Gasteiger partial charge in [-0.1, -0.05) is 30.1 Å². The standard InChI is InChI=1S/C22H21Cl2N3O3S2/c1-14-3-2-10-27(12-14)32(29,30)17-7-4-15(5-8-17)21(28)26-22-25-20(13-31-22)18-9-6-16(23)11-19(18)24/h4-9,11,13-14H,2-3,10,12H2,1H3,(H,25,26,28). The van der Waals surface area contributed by atoms with Gasteiger partial charge in [0.15, 0.2) is 5.13 Å². The van der Waals surface area contributed by atoms with Crippen LogP contribution >= 0.6 is 34.5 Å². The fourth-order valence-electron chi connectivity index (χ4n) is 3.61. The van der Waals surface area contributed by atoms with Gasteiger partial charge in [-0.05, 0) is 61.2 Å². The van der Waals surface area contributed by atoms with Crippen molar-refractivity contribution in [2.45, 2.75) is 24.7 Å². The number of nitrogens with one attached hydrogen (secondary N) is 1. The van der Waals surface area contributed by atoms with Crippen molar-refractivity contribution in [2.24, 2.45) is 5.92 Å². The molecule has 10 heteroatoms. The smallest absolute Gasteiger partial charge is 0.257 e. The summed E-state index contributed by atoms with van der Waals surface area (Å²) in [6, 6.07) is 11.1. The SMILES string of the molecule is CC1CCCN(S(=O)(=O)c2ccc(C(=O)Nc3nc(-c4ccc(Cl)cc4Cl)cs3)cc2)C1. The van der Waals surface area contributed by atoms with E-state index in [0.717, 1.165) is 18.4 Å². The number of carbonyl (C=O) groups is 1. The quantitative estimate of drug-likeness (QED) is 0.471. The van der Waals surface area contributed by atoms with E-state index < -0.39 is 10.0 Å². The molecule has 0 radical (unpaired) electrons. The highest BCUT2D eigenvalue weighted by molar-refractivity contribution is 7.89. The number of amides is 1. The van der Waals surface area contributed by atoms with Gasteiger partial charge >= 0.3 is 0 Å². The fraction of sp³-hybridized carbons (Fsp3) is 0.273. The number of aromatic nitrogens is 1. The van der Waals surface area contributed by atoms with E-state index in [4.69, 9.17) is 23.2 Å². The molecule has 3 aromatic rings. The largest absolute Gasteiger partial charge is 0.298 e. The Balaban J connectivity index is 1.46. The Morgan fingerprint density at radius 1 is 1.19 bits per heavy atom. The van der Waals surface area contributed by atoms with Crippen molar-refractivity contribution < 1.29 is 13.2 Å². The monoisotopic (exact) mass is 509 g/mol. The van der Waals surface area contributed by atoms with Gasteiger partial charge in [0.1, 0.15) is 0 Å². The molecule has 1 aliphatic rings. The maximum Gasteiger partial charge on any atom is 0.257 e. The van der Waals surface area contributed by atoms with Crippen molar-refractivity contribution in [3.8, 4) is 11.3 Å². The van der Waals surface area contributed by atoms with Crippen LogP contribution in [0.3, 0.4) is 0 Å². The molecule has 6 nitrogen and oxygen atoms in total. The number of anilines is 1. The molecule has 1 atom stereocenters. The van der Waals surface area contributed by atoms with E-state index in [9.17, 15) is 13.2 Å². The number of nitrogens with zero attached hydrogens (tertiary/aromatic N) is 2. The number of benzene rings is 2. The normalized spacial score (nSPS) is 17.3. The van der Waals surface area contributed by atoms with Crippen LogP contribution in [0.2, 0.25) is 10.0 Å². The van der Waals surface area contributed by atoms with Gasteiger partial charge in [0.2, 0.25) is 10.0 Å². The van der Waals surface area contributed by atoms with Gasteiger partial charge in [0.25, 0.3) is 5.91 Å². The van der Waals surface area contributed by atoms with Crippen molar-refractivity contribution in [3.05, 3.63) is 63.5 Å². The van der Waals surface area contributed by atoms with E-state index in [-0.39, 0.29) is 10.8 Å². The summed E-state index contributed by atoms with van der Waals surface area (Å²) in [5.41, 5.74) is 1.69. The van der Waals surface area contributed by atoms with E-state index in [1.807, 2.05) is 0 Å². The zero-order valence-electron chi connectivity index (χ0n) is 17.2. The topological polar surface area (TPSA) is 79.4 Å². The number of hydrogen-bond donors (Lipinski definition) is 1. The average molecular weight is 510 g/mol. The van der Waals surface area contributed by atoms with E-state index in [1.165, 1.54) is 39.9 Å². The number of hydrogen-bond acceptors (Lipinski definition) is 5. The average Bonchev–Trinajstić information content (AvgIpc) is 3.22. The molecule has 1 unspecified atom stereocenters. The van der Waals surface area contributed by atoms with Crippen LogP contribution in [0.15, 0.2) is 52.7 Å². The second-order valence-corrected chi connectivity index (χ2v) is 11.4. The number of carbonyl (C=O) groups excluding carboxylic acids is 1. The summed E-state index contributed by atoms with van der Waals surface area (Å²) in [4.78, 5) is 17.2. The second-order valence-electron chi connectivity index (χ2n) is 7.75. The zero-order valence-corrected chi connectivity index (χ0v) is 20.4. The van der Waals surface area contributed by atoms with Crippen LogP contribution in [-0.4, -0.2) is 36.7 Å². The molecular formula is C22H21Cl2N3O3S2. The molecule has 2 heterocycles. The van der Waals surface area contributed by atoms with Gasteiger partial charge in [0, 0.05) is 34.6 Å². The van der Waals surface area contributed by atoms with Crippen LogP contribution in [-0.2, 0) is 10.0 Å². The van der Waals surface area contributed by atoms with Crippen molar-refractivity contribution in [1.29, 1.82) is 0 Å². The first-order chi connectivity index (χ1) is 15.2. The summed E-state index contributed by atoms with van der Waals surface area (Å²) in [6.45, 7) is 3.10. The van der Waals surface area contributed by atoms with Crippen molar-refractivity contribution in [3.63, 3.8) is 0 Å². The van der Waals surface area contributed by atoms with E-state index >= 15 is 0 Å². The maximum absolute atomic E-state index is 12.9. The Bertz CT molecular complexity index is 1240. The van der Waals surface area contributed by atoms with Crippen molar-refractivity contribution in [1.82, 2.24) is 9.29 Å². The number of piperidine rings is 1. The van der Waals surface area contributed by atoms with Crippen LogP contribution < -0.4 is 5.32 Å². The molecule has 168 valence electrons. The van der Waals surface area contributed by atoms with Crippen LogP contribution in [0.4, 0.5) is 5.13 Å². The highest BCUT2D eigenvalue weighted by atomic mass is 35.5. The molecule has 1 saturated heterocycles. The molecular weight excluding hydrogens is 489 g/mol. The molecule has 2 aromatic carbocycles. The minimum atomic E-state index is -3.56. The minimum Gasteiger partial charge on any atom is -0.298 e. The first-order valence-corrected chi connectivity index (χ1v) is 13.1. The molecule has 32 heavy (non-hydrogen) atoms. The summed E-state index contributed by atoms with van der Waals surface area (Å²) in [6.07, 6.45) is 1.89. The lowest BCUT2D eigenvalue weighted by Gasteiger charge is -2.30. The van der Waals surface area contributed by atoms with E-state index in [0.29, 0.717) is 45.4 Å². The molecule has 0 aliphatic carbocycles. The number of rotatable bonds is 5. The van der Waals surface area contributed by atoms with Gasteiger partial charge in [-0.2, -0.15) is 4.31 Å². The second kappa shape index (κ2) is 9.49. The summed E-state index contributed by atoms with van der Waals surface area (Å²) < 4.78 is 27.3. The fourth-order valence-corrected chi connectivity index (χ4v) is 6.42. The van der Waals surface area contributed by atoms with Gasteiger partial charge in [-0.25, -0.2) is 13.4 Å². The van der Waals surface area contributed by atoms with Crippen LogP contribution in [0.1, 0.15) is 30.1 Å². The van der Waals surface area contributed by atoms with Gasteiger partial charge in [-0.3, -0.25) is 10.1 Å². The molecule has 0 spiro atoms. The molecule has 0 bridgehead atoms. The zero-order chi connectivity index (χ0) is 22.9. The predicted octanol–water partition coefficient (Wildman–Crippen LogP) is 5.79. The van der Waals surface area contributed by atoms with Crippen LogP contribution in [0.5, 0.6) is 0 Å². The lowest BCUT2D eigenvalue weighted by atomic mass is 10.0. The van der Waals surface area contributed by atoms with Gasteiger partial charge < -0.3 is 0 Å². The van der Waals surface area contributed by atoms with Gasteiger partial charge in [0.05, 0.1) is 15.6 Å². The number of halogens is 2. The van der Waals surface area contributed by atoms with E-state index in [2.05, 4.69) is 17.2 Å². The predicted molar refractivity (Wildman–Crippen MR) is 129 cm³/mol. The lowest BCUT2D eigenvalue weighted by molar-refractivity contribution is 0.102. The Kier molecular flexibility index (Phi) is 6.88.